The first-order valence-corrected chi connectivity index (χ1v) is 8.81. The molecule has 6 nitrogen and oxygen atoms in total. The highest BCUT2D eigenvalue weighted by Gasteiger charge is 2.33. The van der Waals surface area contributed by atoms with Crippen LogP contribution in [0.25, 0.3) is 0 Å². The number of likely N-dealkylation sites (tertiary alicyclic amines) is 1. The smallest absolute Gasteiger partial charge is 0.289 e. The van der Waals surface area contributed by atoms with Gasteiger partial charge >= 0.3 is 0 Å². The lowest BCUT2D eigenvalue weighted by Gasteiger charge is -2.26. The fourth-order valence-electron chi connectivity index (χ4n) is 3.35. The molecule has 1 aliphatic heterocycles. The van der Waals surface area contributed by atoms with Crippen LogP contribution in [0.1, 0.15) is 18.0 Å². The Kier molecular flexibility index (Phi) is 5.60. The summed E-state index contributed by atoms with van der Waals surface area (Å²) in [5.74, 6) is 0.165. The van der Waals surface area contributed by atoms with Gasteiger partial charge in [0.2, 0.25) is 0 Å². The third kappa shape index (κ3) is 3.90. The lowest BCUT2D eigenvalue weighted by Crippen LogP contribution is -2.25. The summed E-state index contributed by atoms with van der Waals surface area (Å²) in [5, 5.41) is 14.2. The van der Waals surface area contributed by atoms with Gasteiger partial charge in [-0.15, -0.1) is 0 Å². The van der Waals surface area contributed by atoms with Crippen molar-refractivity contribution in [2.45, 2.75) is 12.5 Å². The van der Waals surface area contributed by atoms with E-state index in [1.54, 1.807) is 6.07 Å². The number of pyridine rings is 1. The molecule has 1 aromatic heterocycles. The van der Waals surface area contributed by atoms with Gasteiger partial charge < -0.3 is 5.32 Å². The van der Waals surface area contributed by atoms with Crippen LogP contribution in [0.5, 0.6) is 0 Å². The Morgan fingerprint density at radius 3 is 2.81 bits per heavy atom. The van der Waals surface area contributed by atoms with Gasteiger partial charge in [0.05, 0.1) is 15.0 Å². The van der Waals surface area contributed by atoms with Gasteiger partial charge in [-0.25, -0.2) is 9.37 Å². The molecule has 26 heavy (non-hydrogen) atoms. The number of rotatable bonds is 5. The van der Waals surface area contributed by atoms with E-state index in [9.17, 15) is 14.5 Å². The third-order valence-corrected chi connectivity index (χ3v) is 5.22. The molecule has 1 fully saturated rings. The van der Waals surface area contributed by atoms with E-state index >= 15 is 0 Å². The molecule has 138 valence electrons. The normalized spacial score (nSPS) is 20.3. The van der Waals surface area contributed by atoms with Crippen molar-refractivity contribution in [2.75, 3.05) is 25.5 Å². The predicted molar refractivity (Wildman–Crippen MR) is 99.3 cm³/mol. The number of hydrogen-bond acceptors (Lipinski definition) is 5. The zero-order valence-electron chi connectivity index (χ0n) is 14.0. The maximum Gasteiger partial charge on any atom is 0.289 e. The van der Waals surface area contributed by atoms with Gasteiger partial charge in [0.25, 0.3) is 5.69 Å². The molecule has 0 saturated carbocycles. The van der Waals surface area contributed by atoms with Crippen molar-refractivity contribution in [1.82, 2.24) is 9.88 Å². The molecular weight excluding hydrogens is 382 g/mol. The molecule has 1 aromatic carbocycles. The summed E-state index contributed by atoms with van der Waals surface area (Å²) >= 11 is 11.9. The van der Waals surface area contributed by atoms with Crippen molar-refractivity contribution in [1.29, 1.82) is 0 Å². The molecule has 1 N–H and O–H groups in total. The fourth-order valence-corrected chi connectivity index (χ4v) is 3.69. The molecule has 0 bridgehead atoms. The Balaban J connectivity index is 1.74. The van der Waals surface area contributed by atoms with Crippen LogP contribution >= 0.6 is 23.2 Å². The summed E-state index contributed by atoms with van der Waals surface area (Å²) in [4.78, 5) is 16.4. The maximum atomic E-state index is 13.8. The molecule has 2 heterocycles. The van der Waals surface area contributed by atoms with Crippen LogP contribution in [0, 0.1) is 21.8 Å². The topological polar surface area (TPSA) is 71.3 Å². The van der Waals surface area contributed by atoms with Gasteiger partial charge in [0.15, 0.2) is 0 Å². The van der Waals surface area contributed by atoms with Crippen LogP contribution in [0.3, 0.4) is 0 Å². The Bertz CT molecular complexity index is 836. The Hall–Kier alpha value is -1.96. The number of halogens is 3. The minimum absolute atomic E-state index is 0.0334. The first-order chi connectivity index (χ1) is 12.4. The fraction of sp³-hybridized carbons (Fsp3) is 0.353. The van der Waals surface area contributed by atoms with Crippen LogP contribution in [0.15, 0.2) is 30.5 Å². The molecule has 0 aliphatic carbocycles. The average molecular weight is 399 g/mol. The average Bonchev–Trinajstić information content (AvgIpc) is 2.97. The second-order valence-electron chi connectivity index (χ2n) is 6.31. The van der Waals surface area contributed by atoms with Crippen molar-refractivity contribution in [3.8, 4) is 0 Å². The number of benzene rings is 1. The van der Waals surface area contributed by atoms with Crippen LogP contribution in [0.2, 0.25) is 10.0 Å². The summed E-state index contributed by atoms with van der Waals surface area (Å²) < 4.78 is 13.8. The minimum atomic E-state index is -0.542. The quantitative estimate of drug-likeness (QED) is 0.591. The monoisotopic (exact) mass is 398 g/mol. The standard InChI is InChI=1S/C17H17Cl2FN4O2/c1-23-5-4-11(16(23)10-2-3-13(18)15(20)6-10)8-21-17-14(19)7-12(9-22-17)24(25)26/h2-3,6-7,9,11,16H,4-5,8H2,1H3,(H,21,22). The van der Waals surface area contributed by atoms with Crippen LogP contribution in [-0.4, -0.2) is 34.9 Å². The van der Waals surface area contributed by atoms with Crippen molar-refractivity contribution in [3.05, 3.63) is 62.0 Å². The van der Waals surface area contributed by atoms with Gasteiger partial charge in [-0.1, -0.05) is 29.3 Å². The summed E-state index contributed by atoms with van der Waals surface area (Å²) in [7, 11) is 1.99. The third-order valence-electron chi connectivity index (χ3n) is 4.63. The summed E-state index contributed by atoms with van der Waals surface area (Å²) in [5.41, 5.74) is 0.706. The Morgan fingerprint density at radius 2 is 2.15 bits per heavy atom. The Morgan fingerprint density at radius 1 is 1.38 bits per heavy atom. The van der Waals surface area contributed by atoms with E-state index in [1.807, 2.05) is 13.1 Å². The summed E-state index contributed by atoms with van der Waals surface area (Å²) in [6.45, 7) is 1.44. The van der Waals surface area contributed by atoms with E-state index in [2.05, 4.69) is 15.2 Å². The second-order valence-corrected chi connectivity index (χ2v) is 7.12. The zero-order valence-corrected chi connectivity index (χ0v) is 15.5. The van der Waals surface area contributed by atoms with Gasteiger partial charge in [-0.3, -0.25) is 15.0 Å². The number of aromatic nitrogens is 1. The Labute approximate surface area is 160 Å². The lowest BCUT2D eigenvalue weighted by molar-refractivity contribution is -0.385. The number of nitro groups is 1. The number of hydrogen-bond donors (Lipinski definition) is 1. The highest BCUT2D eigenvalue weighted by molar-refractivity contribution is 6.33. The number of anilines is 1. The van der Waals surface area contributed by atoms with Crippen LogP contribution in [-0.2, 0) is 0 Å². The molecule has 2 atom stereocenters. The van der Waals surface area contributed by atoms with E-state index in [-0.39, 0.29) is 27.7 Å². The molecule has 0 spiro atoms. The minimum Gasteiger partial charge on any atom is -0.368 e. The van der Waals surface area contributed by atoms with E-state index in [0.29, 0.717) is 12.4 Å². The first-order valence-electron chi connectivity index (χ1n) is 8.06. The molecule has 3 rings (SSSR count). The SMILES string of the molecule is CN1CCC(CNc2ncc([N+](=O)[O-])cc2Cl)C1c1ccc(Cl)c(F)c1. The van der Waals surface area contributed by atoms with Crippen LogP contribution in [0.4, 0.5) is 15.9 Å². The highest BCUT2D eigenvalue weighted by atomic mass is 35.5. The van der Waals surface area contributed by atoms with Crippen molar-refractivity contribution in [3.63, 3.8) is 0 Å². The van der Waals surface area contributed by atoms with Gasteiger partial charge in [0.1, 0.15) is 17.8 Å². The van der Waals surface area contributed by atoms with E-state index in [1.165, 1.54) is 18.3 Å². The van der Waals surface area contributed by atoms with Gasteiger partial charge in [0, 0.05) is 18.7 Å². The summed E-state index contributed by atoms with van der Waals surface area (Å²) in [6.07, 6.45) is 2.09. The first kappa shape index (κ1) is 18.8. The summed E-state index contributed by atoms with van der Waals surface area (Å²) in [6, 6.07) is 6.17. The van der Waals surface area contributed by atoms with Crippen molar-refractivity contribution >= 4 is 34.7 Å². The lowest BCUT2D eigenvalue weighted by atomic mass is 9.93. The van der Waals surface area contributed by atoms with Gasteiger partial charge in [-0.2, -0.15) is 0 Å². The molecule has 2 unspecified atom stereocenters. The largest absolute Gasteiger partial charge is 0.368 e. The molecule has 1 aliphatic rings. The van der Waals surface area contributed by atoms with E-state index < -0.39 is 10.7 Å². The van der Waals surface area contributed by atoms with Crippen LogP contribution < -0.4 is 5.32 Å². The van der Waals surface area contributed by atoms with E-state index in [0.717, 1.165) is 18.5 Å². The van der Waals surface area contributed by atoms with E-state index in [4.69, 9.17) is 23.2 Å². The van der Waals surface area contributed by atoms with Crippen molar-refractivity contribution in [2.24, 2.45) is 5.92 Å². The molecule has 2 aromatic rings. The van der Waals surface area contributed by atoms with Gasteiger partial charge in [-0.05, 0) is 43.6 Å². The molecule has 9 heteroatoms. The molecular formula is C17H17Cl2FN4O2. The second kappa shape index (κ2) is 7.73. The highest BCUT2D eigenvalue weighted by Crippen LogP contribution is 2.37. The number of nitrogens with zero attached hydrogens (tertiary/aromatic N) is 3. The zero-order chi connectivity index (χ0) is 18.8. The maximum absolute atomic E-state index is 13.8. The molecule has 1 saturated heterocycles. The van der Waals surface area contributed by atoms with Crippen molar-refractivity contribution < 1.29 is 9.31 Å². The molecule has 0 amide bonds. The predicted octanol–water partition coefficient (Wildman–Crippen LogP) is 4.54. The molecule has 0 radical (unpaired) electrons. The number of nitrogens with one attached hydrogen (secondary N) is 1.